The quantitative estimate of drug-likeness (QED) is 0.0816. The fourth-order valence-electron chi connectivity index (χ4n) is 12.9. The standard InChI is InChI=1S/C27H47N5O8Si2.C25H43N5O6Si2/c1-15(2)41(16(3)4)37-13-20-22(39-42(40-41,17(5)6)18(7)8)27(35,11-12-33)25(38-20)32-14-28-21-23(32)30-26(29-19(9)34)31-24(21)36-10;1-14(2)37(15(3)4)33-12-18-20(35-38(36-37,16(5)6)17(7)8)25(10-11-32-25)23(34-18)30-13-27-19-21(30)28-24(26)29-22(19)31-9/h14-18,20,22,25,33,35H,11-13H2,1-10H3,(H,29,30,31,34);13-18,20,23H,10-12H2,1-9H3,(H2,26,28,29)/t20-,22-,25-,27+;18-,20-,23-,25+/m11/s1. The van der Waals surface area contributed by atoms with Gasteiger partial charge in [0, 0.05) is 26.4 Å². The lowest BCUT2D eigenvalue weighted by molar-refractivity contribution is -0.224. The molecule has 0 unspecified atom stereocenters. The predicted molar refractivity (Wildman–Crippen MR) is 308 cm³/mol. The SMILES string of the molecule is COc1nc(N)nc2c1ncn2[C@@H]1O[C@@H]2CO[Si](C(C)C)(C(C)C)O[Si](C(C)C)(C(C)C)O[C@H]2[C@@]12CCO2.COc1nc(NC(C)=O)nc2c1ncn2[C@@H]1O[C@@H]2CO[Si](C(C)C)(C(C)C)O[Si](C(C)C)(C(C)C)O[C@H]2[C@@]1(O)CCO. The van der Waals surface area contributed by atoms with Gasteiger partial charge in [0.2, 0.25) is 29.6 Å². The molecule has 5 aliphatic rings. The van der Waals surface area contributed by atoms with Gasteiger partial charge in [0.1, 0.15) is 35.6 Å². The molecule has 9 rings (SSSR count). The highest BCUT2D eigenvalue weighted by Crippen LogP contribution is 2.56. The fraction of sp³-hybridized carbons (Fsp3) is 0.788. The Morgan fingerprint density at radius 1 is 0.675 bits per heavy atom. The monoisotopic (exact) mass is 1190 g/mol. The molecule has 80 heavy (non-hydrogen) atoms. The van der Waals surface area contributed by atoms with Gasteiger partial charge in [-0.15, -0.1) is 0 Å². The molecule has 24 nitrogen and oxygen atoms in total. The number of aromatic nitrogens is 8. The number of hydrogen-bond donors (Lipinski definition) is 4. The number of ether oxygens (including phenoxy) is 5. The molecule has 8 atom stereocenters. The highest BCUT2D eigenvalue weighted by Gasteiger charge is 2.69. The summed E-state index contributed by atoms with van der Waals surface area (Å²) >= 11 is 0. The highest BCUT2D eigenvalue weighted by atomic mass is 28.5. The number of carbonyl (C=O) groups excluding carboxylic acids is 1. The number of rotatable bonds is 15. The van der Waals surface area contributed by atoms with Crippen LogP contribution in [0.25, 0.3) is 22.3 Å². The van der Waals surface area contributed by atoms with E-state index in [0.29, 0.717) is 35.8 Å². The average Bonchev–Trinajstić information content (AvgIpc) is 4.32. The lowest BCUT2D eigenvalue weighted by Crippen LogP contribution is -2.68. The van der Waals surface area contributed by atoms with E-state index in [0.717, 1.165) is 6.42 Å². The van der Waals surface area contributed by atoms with E-state index in [2.05, 4.69) is 146 Å². The topological polar surface area (TPSA) is 284 Å². The van der Waals surface area contributed by atoms with Crippen LogP contribution < -0.4 is 20.5 Å². The molecule has 1 amide bonds. The van der Waals surface area contributed by atoms with E-state index in [9.17, 15) is 15.0 Å². The van der Waals surface area contributed by atoms with E-state index >= 15 is 0 Å². The van der Waals surface area contributed by atoms with Crippen LogP contribution in [0.1, 0.15) is 143 Å². The van der Waals surface area contributed by atoms with Crippen molar-refractivity contribution >= 4 is 74.4 Å². The lowest BCUT2D eigenvalue weighted by atomic mass is 9.86. The normalized spacial score (nSPS) is 29.0. The number of nitrogens with two attached hydrogens (primary N) is 1. The summed E-state index contributed by atoms with van der Waals surface area (Å²) in [7, 11) is -8.49. The Bertz CT molecular complexity index is 2790. The van der Waals surface area contributed by atoms with E-state index < -0.39 is 70.1 Å². The maximum Gasteiger partial charge on any atom is 0.335 e. The zero-order chi connectivity index (χ0) is 58.8. The number of aliphatic hydroxyl groups excluding tert-OH is 1. The van der Waals surface area contributed by atoms with E-state index in [1.807, 2.05) is 4.57 Å². The second-order valence-corrected chi connectivity index (χ2v) is 42.3. The van der Waals surface area contributed by atoms with Crippen molar-refractivity contribution < 1.29 is 64.6 Å². The third-order valence-corrected chi connectivity index (χ3v) is 37.6. The summed E-state index contributed by atoms with van der Waals surface area (Å²) < 4.78 is 77.1. The molecule has 0 aliphatic carbocycles. The second-order valence-electron chi connectivity index (χ2n) is 24.6. The summed E-state index contributed by atoms with van der Waals surface area (Å²) in [6.45, 7) is 36.9. The largest absolute Gasteiger partial charge is 0.479 e. The third kappa shape index (κ3) is 10.4. The molecule has 1 spiro atoms. The van der Waals surface area contributed by atoms with Crippen molar-refractivity contribution in [2.45, 2.75) is 223 Å². The molecule has 0 bridgehead atoms. The van der Waals surface area contributed by atoms with Crippen LogP contribution in [0.2, 0.25) is 44.3 Å². The molecule has 5 N–H and O–H groups in total. The van der Waals surface area contributed by atoms with Crippen LogP contribution in [-0.4, -0.2) is 166 Å². The first kappa shape index (κ1) is 62.4. The van der Waals surface area contributed by atoms with Gasteiger partial charge in [0.05, 0.1) is 46.7 Å². The Morgan fingerprint density at radius 3 is 1.52 bits per heavy atom. The molecule has 5 saturated heterocycles. The van der Waals surface area contributed by atoms with Crippen molar-refractivity contribution in [3.8, 4) is 11.8 Å². The molecule has 28 heteroatoms. The second kappa shape index (κ2) is 23.5. The number of carbonyl (C=O) groups is 1. The number of anilines is 2. The number of aliphatic hydroxyl groups is 2. The summed E-state index contributed by atoms with van der Waals surface area (Å²) in [5.74, 6) is 0.245. The van der Waals surface area contributed by atoms with Crippen molar-refractivity contribution in [1.82, 2.24) is 39.0 Å². The Balaban J connectivity index is 0.000000211. The van der Waals surface area contributed by atoms with Gasteiger partial charge < -0.3 is 65.6 Å². The summed E-state index contributed by atoms with van der Waals surface area (Å²) in [6, 6.07) is 0. The molecule has 448 valence electrons. The summed E-state index contributed by atoms with van der Waals surface area (Å²) in [6.07, 6.45) is 0.0915. The van der Waals surface area contributed by atoms with Gasteiger partial charge in [-0.25, -0.2) is 9.97 Å². The first-order chi connectivity index (χ1) is 37.6. The maximum atomic E-state index is 12.5. The Hall–Kier alpha value is -3.60. The molecule has 4 aromatic heterocycles. The van der Waals surface area contributed by atoms with Crippen molar-refractivity contribution in [2.75, 3.05) is 51.7 Å². The van der Waals surface area contributed by atoms with Crippen LogP contribution in [-0.2, 0) is 44.9 Å². The van der Waals surface area contributed by atoms with E-state index in [4.69, 9.17) is 55.4 Å². The van der Waals surface area contributed by atoms with Crippen LogP contribution in [0.5, 0.6) is 11.8 Å². The number of nitrogens with zero attached hydrogens (tertiary/aromatic N) is 8. The number of methoxy groups -OCH3 is 2. The lowest BCUT2D eigenvalue weighted by Gasteiger charge is -2.54. The number of nitrogens with one attached hydrogen (secondary N) is 1. The number of nitrogen functional groups attached to an aromatic ring is 1. The Kier molecular flexibility index (Phi) is 18.3. The van der Waals surface area contributed by atoms with Gasteiger partial charge in [0.25, 0.3) is 0 Å². The zero-order valence-corrected chi connectivity index (χ0v) is 54.4. The van der Waals surface area contributed by atoms with Gasteiger partial charge in [-0.2, -0.15) is 19.9 Å². The van der Waals surface area contributed by atoms with Crippen molar-refractivity contribution in [1.29, 1.82) is 0 Å². The molecule has 9 heterocycles. The van der Waals surface area contributed by atoms with E-state index in [1.54, 1.807) is 10.9 Å². The number of amides is 1. The molecule has 5 fully saturated rings. The minimum atomic E-state index is -3.10. The smallest absolute Gasteiger partial charge is 0.335 e. The molecule has 4 aromatic rings. The summed E-state index contributed by atoms with van der Waals surface area (Å²) in [5.41, 5.74) is 6.52. The number of hydrogen-bond acceptors (Lipinski definition) is 21. The molecule has 0 saturated carbocycles. The predicted octanol–water partition coefficient (Wildman–Crippen LogP) is 8.19. The van der Waals surface area contributed by atoms with Gasteiger partial charge >= 0.3 is 34.2 Å². The van der Waals surface area contributed by atoms with Crippen LogP contribution in [0.3, 0.4) is 0 Å². The fourth-order valence-corrected chi connectivity index (χ4v) is 35.4. The van der Waals surface area contributed by atoms with E-state index in [1.165, 1.54) is 27.5 Å². The number of imidazole rings is 2. The first-order valence-electron chi connectivity index (χ1n) is 28.5. The van der Waals surface area contributed by atoms with E-state index in [-0.39, 0.29) is 106 Å². The Morgan fingerprint density at radius 2 is 1.10 bits per heavy atom. The molecular weight excluding hydrogens is 1100 g/mol. The van der Waals surface area contributed by atoms with Crippen LogP contribution >= 0.6 is 0 Å². The van der Waals surface area contributed by atoms with Crippen LogP contribution in [0, 0.1) is 0 Å². The molecular formula is C52H90N10O14Si4. The zero-order valence-electron chi connectivity index (χ0n) is 50.4. The van der Waals surface area contributed by atoms with Gasteiger partial charge in [-0.05, 0) is 44.3 Å². The van der Waals surface area contributed by atoms with Crippen LogP contribution in [0.15, 0.2) is 12.7 Å². The minimum Gasteiger partial charge on any atom is -0.479 e. The minimum absolute atomic E-state index is 0.0204. The molecule has 0 radical (unpaired) electrons. The summed E-state index contributed by atoms with van der Waals surface area (Å²) in [4.78, 5) is 38.2. The Labute approximate surface area is 475 Å². The van der Waals surface area contributed by atoms with Crippen molar-refractivity contribution in [3.05, 3.63) is 12.7 Å². The highest BCUT2D eigenvalue weighted by molar-refractivity contribution is 6.84. The third-order valence-electron chi connectivity index (χ3n) is 17.1. The summed E-state index contributed by atoms with van der Waals surface area (Å²) in [5, 5.41) is 25.3. The number of fused-ring (bicyclic) bond motifs is 5. The molecule has 5 aliphatic heterocycles. The van der Waals surface area contributed by atoms with Gasteiger partial charge in [-0.1, -0.05) is 111 Å². The average molecular weight is 1190 g/mol. The van der Waals surface area contributed by atoms with Crippen molar-refractivity contribution in [2.24, 2.45) is 0 Å². The van der Waals surface area contributed by atoms with Crippen molar-refractivity contribution in [3.63, 3.8) is 0 Å². The molecule has 0 aromatic carbocycles. The maximum absolute atomic E-state index is 12.5. The van der Waals surface area contributed by atoms with Gasteiger partial charge in [0.15, 0.2) is 34.8 Å². The first-order valence-corrected chi connectivity index (χ1v) is 36.4. The van der Waals surface area contributed by atoms with Crippen LogP contribution in [0.4, 0.5) is 11.9 Å². The van der Waals surface area contributed by atoms with Gasteiger partial charge in [-0.3, -0.25) is 19.2 Å².